The van der Waals surface area contributed by atoms with Crippen LogP contribution in [0.2, 0.25) is 0 Å². The minimum Gasteiger partial charge on any atom is -0.378 e. The Morgan fingerprint density at radius 3 is 2.21 bits per heavy atom. The molecule has 4 aromatic rings. The number of aromatic nitrogens is 4. The van der Waals surface area contributed by atoms with Gasteiger partial charge in [0.1, 0.15) is 5.69 Å². The molecule has 2 fully saturated rings. The van der Waals surface area contributed by atoms with Crippen molar-refractivity contribution < 1.29 is 9.47 Å². The summed E-state index contributed by atoms with van der Waals surface area (Å²) >= 11 is 0. The van der Waals surface area contributed by atoms with Crippen LogP contribution in [0.4, 0.5) is 23.0 Å². The predicted octanol–water partition coefficient (Wildman–Crippen LogP) is 3.44. The molecule has 34 heavy (non-hydrogen) atoms. The minimum absolute atomic E-state index is 0.554. The molecule has 0 aliphatic carbocycles. The standard InChI is InChI=1S/C25H27N7O2/c1-2-18(17-26-4-1)23-24-22(3-5-27-24)29-25(30-23)28-19-14-20(31-6-10-33-11-7-31)16-21(15-19)32-8-12-34-13-9-32/h1-5,14-17,27H,6-13H2,(H,28,29,30). The number of H-pyrrole nitrogens is 1. The van der Waals surface area contributed by atoms with Crippen LogP contribution < -0.4 is 15.1 Å². The molecule has 9 nitrogen and oxygen atoms in total. The average molecular weight is 458 g/mol. The zero-order valence-electron chi connectivity index (χ0n) is 18.9. The molecule has 9 heteroatoms. The first-order chi connectivity index (χ1) is 16.8. The molecule has 2 aliphatic heterocycles. The Morgan fingerprint density at radius 1 is 0.853 bits per heavy atom. The molecule has 0 unspecified atom stereocenters. The van der Waals surface area contributed by atoms with Crippen LogP contribution >= 0.6 is 0 Å². The lowest BCUT2D eigenvalue weighted by Crippen LogP contribution is -2.38. The van der Waals surface area contributed by atoms with Gasteiger partial charge in [-0.15, -0.1) is 0 Å². The summed E-state index contributed by atoms with van der Waals surface area (Å²) in [6.07, 6.45) is 5.47. The lowest BCUT2D eigenvalue weighted by Gasteiger charge is -2.33. The molecular formula is C25H27N7O2. The highest BCUT2D eigenvalue weighted by Gasteiger charge is 2.18. The van der Waals surface area contributed by atoms with Crippen molar-refractivity contribution in [3.8, 4) is 11.3 Å². The van der Waals surface area contributed by atoms with Gasteiger partial charge in [-0.2, -0.15) is 0 Å². The van der Waals surface area contributed by atoms with Gasteiger partial charge in [0.25, 0.3) is 0 Å². The summed E-state index contributed by atoms with van der Waals surface area (Å²) in [5.74, 6) is 0.554. The Bertz CT molecular complexity index is 1230. The summed E-state index contributed by atoms with van der Waals surface area (Å²) in [6.45, 7) is 6.48. The Kier molecular flexibility index (Phi) is 5.70. The number of fused-ring (bicyclic) bond motifs is 1. The molecule has 6 rings (SSSR count). The minimum atomic E-state index is 0.554. The second-order valence-electron chi connectivity index (χ2n) is 8.44. The van der Waals surface area contributed by atoms with Crippen LogP contribution in [0.15, 0.2) is 55.0 Å². The summed E-state index contributed by atoms with van der Waals surface area (Å²) in [4.78, 5) is 21.9. The number of anilines is 4. The maximum Gasteiger partial charge on any atom is 0.228 e. The van der Waals surface area contributed by atoms with Gasteiger partial charge in [-0.05, 0) is 36.4 Å². The highest BCUT2D eigenvalue weighted by molar-refractivity contribution is 5.90. The van der Waals surface area contributed by atoms with E-state index < -0.39 is 0 Å². The highest BCUT2D eigenvalue weighted by atomic mass is 16.5. The van der Waals surface area contributed by atoms with E-state index in [9.17, 15) is 0 Å². The number of hydrogen-bond acceptors (Lipinski definition) is 8. The first-order valence-corrected chi connectivity index (χ1v) is 11.7. The van der Waals surface area contributed by atoms with Gasteiger partial charge in [0, 0.05) is 67.4 Å². The normalized spacial score (nSPS) is 16.7. The van der Waals surface area contributed by atoms with Gasteiger partial charge in [-0.1, -0.05) is 0 Å². The lowest BCUT2D eigenvalue weighted by molar-refractivity contribution is 0.122. The quantitative estimate of drug-likeness (QED) is 0.471. The monoisotopic (exact) mass is 457 g/mol. The maximum atomic E-state index is 5.57. The van der Waals surface area contributed by atoms with E-state index in [2.05, 4.69) is 43.3 Å². The molecule has 0 bridgehead atoms. The number of pyridine rings is 1. The molecular weight excluding hydrogens is 430 g/mol. The van der Waals surface area contributed by atoms with E-state index in [1.165, 1.54) is 11.4 Å². The predicted molar refractivity (Wildman–Crippen MR) is 133 cm³/mol. The lowest BCUT2D eigenvalue weighted by atomic mass is 10.1. The molecule has 0 amide bonds. The summed E-state index contributed by atoms with van der Waals surface area (Å²) < 4.78 is 11.1. The third-order valence-corrected chi connectivity index (χ3v) is 6.25. The van der Waals surface area contributed by atoms with Crippen LogP contribution in [0.3, 0.4) is 0 Å². The molecule has 5 heterocycles. The number of benzene rings is 1. The maximum absolute atomic E-state index is 5.57. The summed E-state index contributed by atoms with van der Waals surface area (Å²) in [5.41, 5.74) is 6.82. The van der Waals surface area contributed by atoms with E-state index >= 15 is 0 Å². The number of nitrogens with one attached hydrogen (secondary N) is 2. The van der Waals surface area contributed by atoms with Crippen LogP contribution in [0.5, 0.6) is 0 Å². The number of hydrogen-bond donors (Lipinski definition) is 2. The van der Waals surface area contributed by atoms with Crippen LogP contribution in [0.1, 0.15) is 0 Å². The second kappa shape index (κ2) is 9.28. The van der Waals surface area contributed by atoms with Crippen molar-refractivity contribution in [2.45, 2.75) is 0 Å². The summed E-state index contributed by atoms with van der Waals surface area (Å²) in [5, 5.41) is 3.48. The van der Waals surface area contributed by atoms with E-state index in [0.29, 0.717) is 5.95 Å². The van der Waals surface area contributed by atoms with Gasteiger partial charge in [0.15, 0.2) is 0 Å². The molecule has 174 valence electrons. The van der Waals surface area contributed by atoms with Crippen LogP contribution in [-0.4, -0.2) is 72.5 Å². The van der Waals surface area contributed by atoms with Gasteiger partial charge in [0.2, 0.25) is 5.95 Å². The third-order valence-electron chi connectivity index (χ3n) is 6.25. The van der Waals surface area contributed by atoms with Gasteiger partial charge in [-0.3, -0.25) is 4.98 Å². The highest BCUT2D eigenvalue weighted by Crippen LogP contribution is 2.32. The van der Waals surface area contributed by atoms with Gasteiger partial charge in [-0.25, -0.2) is 9.97 Å². The van der Waals surface area contributed by atoms with E-state index in [0.717, 1.165) is 80.6 Å². The van der Waals surface area contributed by atoms with Crippen LogP contribution in [0.25, 0.3) is 22.3 Å². The number of aromatic amines is 1. The van der Waals surface area contributed by atoms with Crippen molar-refractivity contribution >= 4 is 34.0 Å². The molecule has 3 aromatic heterocycles. The van der Waals surface area contributed by atoms with Crippen molar-refractivity contribution in [3.05, 3.63) is 55.0 Å². The van der Waals surface area contributed by atoms with E-state index in [-0.39, 0.29) is 0 Å². The fourth-order valence-corrected chi connectivity index (χ4v) is 4.52. The molecule has 1 aromatic carbocycles. The molecule has 0 spiro atoms. The van der Waals surface area contributed by atoms with Crippen molar-refractivity contribution in [2.75, 3.05) is 67.7 Å². The van der Waals surface area contributed by atoms with Crippen LogP contribution in [0, 0.1) is 0 Å². The fourth-order valence-electron chi connectivity index (χ4n) is 4.52. The topological polar surface area (TPSA) is 91.4 Å². The van der Waals surface area contributed by atoms with Gasteiger partial charge in [0.05, 0.1) is 37.5 Å². The Morgan fingerprint density at radius 2 is 1.56 bits per heavy atom. The van der Waals surface area contributed by atoms with Crippen molar-refractivity contribution in [1.82, 2.24) is 19.9 Å². The molecule has 0 atom stereocenters. The van der Waals surface area contributed by atoms with E-state index in [1.54, 1.807) is 6.20 Å². The first kappa shape index (κ1) is 20.9. The molecule has 2 N–H and O–H groups in total. The number of nitrogens with zero attached hydrogens (tertiary/aromatic N) is 5. The molecule has 2 aliphatic rings. The summed E-state index contributed by atoms with van der Waals surface area (Å²) in [7, 11) is 0. The molecule has 2 saturated heterocycles. The largest absolute Gasteiger partial charge is 0.378 e. The number of ether oxygens (including phenoxy) is 2. The van der Waals surface area contributed by atoms with E-state index in [1.807, 2.05) is 30.6 Å². The SMILES string of the molecule is c1cncc(-c2nc(Nc3cc(N4CCOCC4)cc(N4CCOCC4)c3)nc3cc[nH]c23)c1. The fraction of sp³-hybridized carbons (Fsp3) is 0.320. The zero-order chi connectivity index (χ0) is 22.7. The van der Waals surface area contributed by atoms with E-state index in [4.69, 9.17) is 19.4 Å². The molecule has 0 radical (unpaired) electrons. The summed E-state index contributed by atoms with van der Waals surface area (Å²) in [6, 6.07) is 12.5. The Hall–Kier alpha value is -3.69. The first-order valence-electron chi connectivity index (χ1n) is 11.7. The van der Waals surface area contributed by atoms with Crippen molar-refractivity contribution in [3.63, 3.8) is 0 Å². The van der Waals surface area contributed by atoms with Crippen molar-refractivity contribution in [2.24, 2.45) is 0 Å². The Labute approximate surface area is 197 Å². The number of morpholine rings is 2. The van der Waals surface area contributed by atoms with Crippen LogP contribution in [-0.2, 0) is 9.47 Å². The second-order valence-corrected chi connectivity index (χ2v) is 8.44. The average Bonchev–Trinajstić information content (AvgIpc) is 3.38. The third kappa shape index (κ3) is 4.27. The smallest absolute Gasteiger partial charge is 0.228 e. The Balaban J connectivity index is 1.38. The zero-order valence-corrected chi connectivity index (χ0v) is 18.9. The molecule has 0 saturated carbocycles. The number of rotatable bonds is 5. The van der Waals surface area contributed by atoms with Crippen molar-refractivity contribution in [1.29, 1.82) is 0 Å². The van der Waals surface area contributed by atoms with Gasteiger partial charge < -0.3 is 29.6 Å². The van der Waals surface area contributed by atoms with Gasteiger partial charge >= 0.3 is 0 Å².